The molecule has 0 amide bonds. The number of rotatable bonds is 3. The topological polar surface area (TPSA) is 288 Å². The zero-order valence-corrected chi connectivity index (χ0v) is 17.1. The predicted molar refractivity (Wildman–Crippen MR) is 95.3 cm³/mol. The summed E-state index contributed by atoms with van der Waals surface area (Å²) in [4.78, 5) is 13.3. The fourth-order valence-corrected chi connectivity index (χ4v) is 4.27. The fourth-order valence-electron chi connectivity index (χ4n) is 4.27. The normalized spacial score (nSPS) is 58.2. The highest BCUT2D eigenvalue weighted by Gasteiger charge is 2.79. The second kappa shape index (κ2) is 8.63. The highest BCUT2D eigenvalue weighted by Crippen LogP contribution is 2.48. The monoisotopic (exact) mass is 488 g/mol. The molecule has 3 heterocycles. The maximum Gasteiger partial charge on any atom is 0.264 e. The fraction of sp³-hybridized carbons (Fsp3) is 0.941. The zero-order chi connectivity index (χ0) is 25.3. The first-order valence-electron chi connectivity index (χ1n) is 9.87. The number of hydrogen-bond acceptors (Lipinski definition) is 16. The van der Waals surface area contributed by atoms with Crippen LogP contribution in [0, 0.1) is 0 Å². The van der Waals surface area contributed by atoms with E-state index in [0.29, 0.717) is 0 Å². The van der Waals surface area contributed by atoms with E-state index in [0.717, 1.165) is 6.92 Å². The summed E-state index contributed by atoms with van der Waals surface area (Å²) >= 11 is 0. The summed E-state index contributed by atoms with van der Waals surface area (Å²) in [6.07, 6.45) is -24.7. The molecule has 0 saturated carbocycles. The van der Waals surface area contributed by atoms with Gasteiger partial charge < -0.3 is 75.5 Å². The summed E-state index contributed by atoms with van der Waals surface area (Å²) < 4.78 is 14.6. The second-order valence-electron chi connectivity index (χ2n) is 8.46. The molecule has 0 aromatic rings. The van der Waals surface area contributed by atoms with Gasteiger partial charge in [0.25, 0.3) is 11.6 Å². The van der Waals surface area contributed by atoms with Crippen LogP contribution in [0.2, 0.25) is 0 Å². The van der Waals surface area contributed by atoms with Crippen molar-refractivity contribution in [3.8, 4) is 0 Å². The molecular weight excluding hydrogens is 460 g/mol. The maximum absolute atomic E-state index is 13.3. The van der Waals surface area contributed by atoms with Crippen molar-refractivity contribution in [3.63, 3.8) is 0 Å². The number of ether oxygens (including phenoxy) is 3. The van der Waals surface area contributed by atoms with E-state index in [4.69, 9.17) is 14.2 Å². The number of carbonyl (C=O) groups excluding carboxylic acids is 1. The minimum Gasteiger partial charge on any atom is -0.388 e. The van der Waals surface area contributed by atoms with Crippen LogP contribution in [-0.2, 0) is 19.0 Å². The lowest BCUT2D eigenvalue weighted by Gasteiger charge is -2.59. The molecule has 12 N–H and O–H groups in total. The molecule has 3 aliphatic rings. The summed E-state index contributed by atoms with van der Waals surface area (Å²) in [5.41, 5.74) is -3.94. The first-order chi connectivity index (χ1) is 15.1. The molecule has 3 rings (SSSR count). The number of Topliss-reactive ketones (excluding diaryl/α,β-unsaturated/α-hetero) is 1. The molecule has 0 bridgehead atoms. The van der Waals surface area contributed by atoms with Crippen molar-refractivity contribution >= 4 is 5.78 Å². The molecule has 3 saturated heterocycles. The van der Waals surface area contributed by atoms with E-state index >= 15 is 0 Å². The third-order valence-corrected chi connectivity index (χ3v) is 6.40. The van der Waals surface area contributed by atoms with Gasteiger partial charge in [-0.25, -0.2) is 0 Å². The van der Waals surface area contributed by atoms with Crippen LogP contribution in [0.1, 0.15) is 6.92 Å². The molecule has 0 spiro atoms. The van der Waals surface area contributed by atoms with Crippen LogP contribution < -0.4 is 0 Å². The molecule has 0 aromatic carbocycles. The Labute approximate surface area is 185 Å². The first-order valence-corrected chi connectivity index (χ1v) is 9.87. The summed E-state index contributed by atoms with van der Waals surface area (Å²) in [5.74, 6) is -9.57. The zero-order valence-electron chi connectivity index (χ0n) is 17.1. The van der Waals surface area contributed by atoms with Crippen LogP contribution in [0.3, 0.4) is 0 Å². The van der Waals surface area contributed by atoms with Gasteiger partial charge in [-0.3, -0.25) is 4.79 Å². The van der Waals surface area contributed by atoms with Crippen LogP contribution in [0.5, 0.6) is 0 Å². The van der Waals surface area contributed by atoms with Crippen LogP contribution in [0.25, 0.3) is 0 Å². The van der Waals surface area contributed by atoms with Crippen molar-refractivity contribution < 1.29 is 80.3 Å². The minimum atomic E-state index is -3.94. The van der Waals surface area contributed by atoms with Gasteiger partial charge >= 0.3 is 0 Å². The van der Waals surface area contributed by atoms with Crippen molar-refractivity contribution in [1.82, 2.24) is 0 Å². The molecule has 3 fully saturated rings. The van der Waals surface area contributed by atoms with Gasteiger partial charge in [-0.15, -0.1) is 0 Å². The number of ketones is 1. The van der Waals surface area contributed by atoms with Gasteiger partial charge in [0.2, 0.25) is 11.4 Å². The summed E-state index contributed by atoms with van der Waals surface area (Å²) in [6.45, 7) is -0.0120. The van der Waals surface area contributed by atoms with E-state index in [2.05, 4.69) is 0 Å². The molecular formula is C17H28O16. The Kier molecular flexibility index (Phi) is 6.97. The van der Waals surface area contributed by atoms with Crippen LogP contribution >= 0.6 is 0 Å². The summed E-state index contributed by atoms with van der Waals surface area (Å²) in [5, 5.41) is 124. The SMILES string of the molecule is C[C@@H]1OC(O)(C2(O)OC[C@@H](O)[C@H](O)[C@@]2(O)C(=O)C2OC(O)C(O)C(O)C2O)[C@H](O)[C@H](O)[C@H]1O. The highest BCUT2D eigenvalue weighted by molar-refractivity contribution is 5.94. The van der Waals surface area contributed by atoms with Gasteiger partial charge in [-0.2, -0.15) is 0 Å². The molecule has 3 aliphatic heterocycles. The quantitative estimate of drug-likeness (QED) is 0.175. The van der Waals surface area contributed by atoms with E-state index in [9.17, 15) is 66.1 Å². The molecule has 0 aromatic heterocycles. The molecule has 14 atom stereocenters. The molecule has 0 aliphatic carbocycles. The predicted octanol–water partition coefficient (Wildman–Crippen LogP) is -8.28. The Bertz CT molecular complexity index is 753. The smallest absolute Gasteiger partial charge is 0.264 e. The number of carbonyl (C=O) groups is 1. The van der Waals surface area contributed by atoms with Crippen LogP contribution in [0.15, 0.2) is 0 Å². The molecule has 33 heavy (non-hydrogen) atoms. The van der Waals surface area contributed by atoms with Crippen molar-refractivity contribution in [2.75, 3.05) is 6.61 Å². The van der Waals surface area contributed by atoms with Gasteiger partial charge in [0.1, 0.15) is 48.8 Å². The van der Waals surface area contributed by atoms with Crippen molar-refractivity contribution in [2.24, 2.45) is 0 Å². The van der Waals surface area contributed by atoms with Gasteiger partial charge in [-0.05, 0) is 6.92 Å². The van der Waals surface area contributed by atoms with Gasteiger partial charge in [0.15, 0.2) is 12.4 Å². The maximum atomic E-state index is 13.3. The number of aliphatic hydroxyl groups is 12. The van der Waals surface area contributed by atoms with Gasteiger partial charge in [-0.1, -0.05) is 0 Å². The third-order valence-electron chi connectivity index (χ3n) is 6.40. The van der Waals surface area contributed by atoms with E-state index in [1.54, 1.807) is 0 Å². The lowest BCUT2D eigenvalue weighted by molar-refractivity contribution is -0.491. The van der Waals surface area contributed by atoms with Crippen molar-refractivity contribution in [1.29, 1.82) is 0 Å². The third kappa shape index (κ3) is 3.54. The van der Waals surface area contributed by atoms with Crippen LogP contribution in [0.4, 0.5) is 0 Å². The van der Waals surface area contributed by atoms with Crippen molar-refractivity contribution in [2.45, 2.75) is 91.4 Å². The Morgan fingerprint density at radius 2 is 1.36 bits per heavy atom. The standard InChI is InChI=1S/C17H28O16/c1-3-5(19)8(22)12(25)16(29,33-3)17(30)15(28,11(24)4(18)2-31-17)13(26)10-7(21)6(20)9(23)14(27)32-10/h3-12,14,18-25,27-30H,2H2,1H3/t3-,4+,5-,6?,7?,8+,9?,10?,11-,12+,14?,15+,16?,17?/m0/s1. The Morgan fingerprint density at radius 3 is 1.94 bits per heavy atom. The lowest BCUT2D eigenvalue weighted by atomic mass is 9.69. The minimum absolute atomic E-state index is 1.06. The van der Waals surface area contributed by atoms with E-state index < -0.39 is 96.9 Å². The van der Waals surface area contributed by atoms with Crippen molar-refractivity contribution in [3.05, 3.63) is 0 Å². The Balaban J connectivity index is 2.12. The summed E-state index contributed by atoms with van der Waals surface area (Å²) in [7, 11) is 0. The number of hydrogen-bond donors (Lipinski definition) is 12. The van der Waals surface area contributed by atoms with Crippen LogP contribution in [-0.4, -0.2) is 158 Å². The first kappa shape index (κ1) is 26.7. The van der Waals surface area contributed by atoms with Gasteiger partial charge in [0, 0.05) is 0 Å². The van der Waals surface area contributed by atoms with E-state index in [-0.39, 0.29) is 0 Å². The largest absolute Gasteiger partial charge is 0.388 e. The summed E-state index contributed by atoms with van der Waals surface area (Å²) in [6, 6.07) is 0. The lowest BCUT2D eigenvalue weighted by Crippen LogP contribution is -2.86. The molecule has 16 nitrogen and oxygen atoms in total. The Hall–Kier alpha value is -0.930. The Morgan fingerprint density at radius 1 is 0.788 bits per heavy atom. The molecule has 192 valence electrons. The van der Waals surface area contributed by atoms with E-state index in [1.807, 2.05) is 0 Å². The second-order valence-corrected chi connectivity index (χ2v) is 8.46. The average Bonchev–Trinajstić information content (AvgIpc) is 2.77. The molecule has 7 unspecified atom stereocenters. The highest BCUT2D eigenvalue weighted by atomic mass is 16.7. The number of aliphatic hydroxyl groups excluding tert-OH is 9. The van der Waals surface area contributed by atoms with Gasteiger partial charge in [0.05, 0.1) is 12.7 Å². The average molecular weight is 488 g/mol. The van der Waals surface area contributed by atoms with E-state index in [1.165, 1.54) is 0 Å². The molecule has 16 heteroatoms. The molecule has 0 radical (unpaired) electrons.